The van der Waals surface area contributed by atoms with E-state index in [1.54, 1.807) is 5.38 Å². The number of esters is 1. The van der Waals surface area contributed by atoms with E-state index in [1.165, 1.54) is 11.3 Å². The fraction of sp³-hybridized carbons (Fsp3) is 0.375. The number of hydrogen-bond acceptors (Lipinski definition) is 7. The second-order valence-corrected chi connectivity index (χ2v) is 8.76. The van der Waals surface area contributed by atoms with Gasteiger partial charge in [-0.15, -0.1) is 11.3 Å². The number of ether oxygens (including phenoxy) is 2. The van der Waals surface area contributed by atoms with E-state index in [1.807, 2.05) is 50.2 Å². The van der Waals surface area contributed by atoms with Gasteiger partial charge in [0.1, 0.15) is 0 Å². The van der Waals surface area contributed by atoms with Crippen LogP contribution in [0.1, 0.15) is 50.6 Å². The van der Waals surface area contributed by atoms with Crippen LogP contribution in [0.2, 0.25) is 0 Å². The third-order valence-corrected chi connectivity index (χ3v) is 6.42. The van der Waals surface area contributed by atoms with Crippen molar-refractivity contribution in [2.45, 2.75) is 45.9 Å². The average molecular weight is 454 g/mol. The van der Waals surface area contributed by atoms with Gasteiger partial charge in [-0.3, -0.25) is 4.79 Å². The van der Waals surface area contributed by atoms with Gasteiger partial charge in [-0.25, -0.2) is 9.78 Å². The van der Waals surface area contributed by atoms with Gasteiger partial charge in [0.05, 0.1) is 6.10 Å². The quantitative estimate of drug-likeness (QED) is 0.382. The molecule has 1 saturated heterocycles. The molecule has 1 aliphatic rings. The van der Waals surface area contributed by atoms with Gasteiger partial charge >= 0.3 is 5.97 Å². The van der Waals surface area contributed by atoms with Crippen LogP contribution in [0.3, 0.4) is 0 Å². The summed E-state index contributed by atoms with van der Waals surface area (Å²) in [6.07, 6.45) is 2.30. The van der Waals surface area contributed by atoms with E-state index < -0.39 is 5.97 Å². The zero-order valence-corrected chi connectivity index (χ0v) is 19.1. The maximum Gasteiger partial charge on any atom is 0.358 e. The van der Waals surface area contributed by atoms with Crippen LogP contribution in [-0.4, -0.2) is 40.6 Å². The minimum atomic E-state index is -0.601. The zero-order chi connectivity index (χ0) is 22.5. The lowest BCUT2D eigenvalue weighted by atomic mass is 10.1. The molecule has 4 rings (SSSR count). The van der Waals surface area contributed by atoms with Crippen molar-refractivity contribution in [3.63, 3.8) is 0 Å². The van der Waals surface area contributed by atoms with Crippen LogP contribution in [0.25, 0.3) is 0 Å². The molecular weight excluding hydrogens is 426 g/mol. The Morgan fingerprint density at radius 1 is 1.28 bits per heavy atom. The summed E-state index contributed by atoms with van der Waals surface area (Å²) in [5, 5.41) is 5.45. The maximum atomic E-state index is 12.7. The molecule has 0 saturated carbocycles. The van der Waals surface area contributed by atoms with Gasteiger partial charge < -0.3 is 19.4 Å². The Bertz CT molecular complexity index is 1080. The molecule has 168 valence electrons. The van der Waals surface area contributed by atoms with Gasteiger partial charge in [0.15, 0.2) is 17.4 Å². The van der Waals surface area contributed by atoms with E-state index in [4.69, 9.17) is 9.47 Å². The number of ketones is 1. The fourth-order valence-corrected chi connectivity index (χ4v) is 4.54. The molecule has 1 unspecified atom stereocenters. The molecule has 1 N–H and O–H groups in total. The van der Waals surface area contributed by atoms with E-state index in [9.17, 15) is 9.59 Å². The van der Waals surface area contributed by atoms with Crippen molar-refractivity contribution in [1.82, 2.24) is 9.55 Å². The number of anilines is 1. The van der Waals surface area contributed by atoms with E-state index in [0.29, 0.717) is 17.2 Å². The Hall–Kier alpha value is -2.97. The summed E-state index contributed by atoms with van der Waals surface area (Å²) in [5.74, 6) is -0.821. The number of aryl methyl sites for hydroxylation is 1. The molecule has 0 spiro atoms. The van der Waals surface area contributed by atoms with Gasteiger partial charge in [0.2, 0.25) is 5.78 Å². The molecule has 2 aromatic heterocycles. The largest absolute Gasteiger partial charge is 0.453 e. The summed E-state index contributed by atoms with van der Waals surface area (Å²) in [6.45, 7) is 5.73. The van der Waals surface area contributed by atoms with Gasteiger partial charge in [0, 0.05) is 42.0 Å². The highest BCUT2D eigenvalue weighted by Crippen LogP contribution is 2.21. The zero-order valence-electron chi connectivity index (χ0n) is 18.3. The van der Waals surface area contributed by atoms with Crippen LogP contribution in [-0.2, 0) is 22.6 Å². The number of aromatic nitrogens is 2. The van der Waals surface area contributed by atoms with Crippen LogP contribution in [0.5, 0.6) is 0 Å². The molecular formula is C24H27N3O4S. The Morgan fingerprint density at radius 2 is 2.09 bits per heavy atom. The monoisotopic (exact) mass is 453 g/mol. The number of carbonyl (C=O) groups excluding carboxylic acids is 2. The van der Waals surface area contributed by atoms with Crippen molar-refractivity contribution < 1.29 is 19.1 Å². The minimum Gasteiger partial charge on any atom is -0.453 e. The lowest BCUT2D eigenvalue weighted by Crippen LogP contribution is -2.18. The standard InChI is InChI=1S/C24H27N3O4S/c1-16-11-20(17(2)27(16)13-19-9-6-10-30-19)22(28)14-31-23(29)21-15-32-24(26-21)25-12-18-7-4-3-5-8-18/h3-5,7-8,11,15,19H,6,9-10,12-14H2,1-2H3,(H,25,26). The Balaban J connectivity index is 1.31. The number of nitrogens with one attached hydrogen (secondary N) is 1. The van der Waals surface area contributed by atoms with Gasteiger partial charge in [-0.1, -0.05) is 30.3 Å². The van der Waals surface area contributed by atoms with Crippen molar-refractivity contribution >= 4 is 28.2 Å². The molecule has 1 aliphatic heterocycles. The Kier molecular flexibility index (Phi) is 7.02. The first kappa shape index (κ1) is 22.2. The van der Waals surface area contributed by atoms with Crippen molar-refractivity contribution in [2.75, 3.05) is 18.5 Å². The Morgan fingerprint density at radius 3 is 2.84 bits per heavy atom. The van der Waals surface area contributed by atoms with E-state index >= 15 is 0 Å². The van der Waals surface area contributed by atoms with Gasteiger partial charge in [-0.2, -0.15) is 0 Å². The lowest BCUT2D eigenvalue weighted by Gasteiger charge is -2.14. The van der Waals surface area contributed by atoms with E-state index in [2.05, 4.69) is 14.9 Å². The number of Topliss-reactive ketones (excluding diaryl/α,β-unsaturated/α-hetero) is 1. The van der Waals surface area contributed by atoms with Gasteiger partial charge in [-0.05, 0) is 38.3 Å². The topological polar surface area (TPSA) is 82.5 Å². The summed E-state index contributed by atoms with van der Waals surface area (Å²) < 4.78 is 13.1. The molecule has 3 aromatic rings. The molecule has 0 amide bonds. The van der Waals surface area contributed by atoms with E-state index in [0.717, 1.165) is 42.9 Å². The highest BCUT2D eigenvalue weighted by molar-refractivity contribution is 7.13. The molecule has 1 fully saturated rings. The van der Waals surface area contributed by atoms with Crippen molar-refractivity contribution in [1.29, 1.82) is 0 Å². The van der Waals surface area contributed by atoms with Gasteiger partial charge in [0.25, 0.3) is 0 Å². The predicted octanol–water partition coefficient (Wildman–Crippen LogP) is 4.39. The van der Waals surface area contributed by atoms with Crippen LogP contribution in [0.15, 0.2) is 41.8 Å². The average Bonchev–Trinajstić information content (AvgIpc) is 3.55. The number of thiazole rings is 1. The smallest absolute Gasteiger partial charge is 0.358 e. The van der Waals surface area contributed by atoms with Crippen molar-refractivity contribution in [3.8, 4) is 0 Å². The summed E-state index contributed by atoms with van der Waals surface area (Å²) in [7, 11) is 0. The SMILES string of the molecule is Cc1cc(C(=O)COC(=O)c2csc(NCc3ccccc3)n2)c(C)n1CC1CCCO1. The molecule has 1 atom stereocenters. The summed E-state index contributed by atoms with van der Waals surface area (Å²) in [6, 6.07) is 11.8. The van der Waals surface area contributed by atoms with Crippen LogP contribution in [0, 0.1) is 13.8 Å². The lowest BCUT2D eigenvalue weighted by molar-refractivity contribution is 0.0469. The number of rotatable bonds is 9. The Labute approximate surface area is 191 Å². The van der Waals surface area contributed by atoms with Crippen LogP contribution < -0.4 is 5.32 Å². The van der Waals surface area contributed by atoms with E-state index in [-0.39, 0.29) is 24.2 Å². The minimum absolute atomic E-state index is 0.190. The fourth-order valence-electron chi connectivity index (χ4n) is 3.86. The first-order valence-electron chi connectivity index (χ1n) is 10.7. The third-order valence-electron chi connectivity index (χ3n) is 5.62. The predicted molar refractivity (Wildman–Crippen MR) is 123 cm³/mol. The third kappa shape index (κ3) is 5.26. The number of hydrogen-bond donors (Lipinski definition) is 1. The second-order valence-electron chi connectivity index (χ2n) is 7.91. The molecule has 0 radical (unpaired) electrons. The van der Waals surface area contributed by atoms with Crippen molar-refractivity contribution in [3.05, 3.63) is 70.0 Å². The molecule has 1 aromatic carbocycles. The number of nitrogens with zero attached hydrogens (tertiary/aromatic N) is 2. The highest BCUT2D eigenvalue weighted by Gasteiger charge is 2.22. The molecule has 8 heteroatoms. The van der Waals surface area contributed by atoms with Crippen LogP contribution in [0.4, 0.5) is 5.13 Å². The molecule has 32 heavy (non-hydrogen) atoms. The molecule has 0 bridgehead atoms. The molecule has 7 nitrogen and oxygen atoms in total. The molecule has 3 heterocycles. The first-order valence-corrected chi connectivity index (χ1v) is 11.6. The summed E-state index contributed by atoms with van der Waals surface area (Å²) in [5.41, 5.74) is 3.77. The maximum absolute atomic E-state index is 12.7. The molecule has 0 aliphatic carbocycles. The summed E-state index contributed by atoms with van der Waals surface area (Å²) >= 11 is 1.33. The van der Waals surface area contributed by atoms with Crippen LogP contribution >= 0.6 is 11.3 Å². The van der Waals surface area contributed by atoms with Crippen molar-refractivity contribution in [2.24, 2.45) is 0 Å². The second kappa shape index (κ2) is 10.1. The highest BCUT2D eigenvalue weighted by atomic mass is 32.1. The number of carbonyl (C=O) groups is 2. The number of benzene rings is 1. The normalized spacial score (nSPS) is 15.6. The first-order chi connectivity index (χ1) is 15.5. The summed E-state index contributed by atoms with van der Waals surface area (Å²) in [4.78, 5) is 29.4.